The van der Waals surface area contributed by atoms with Crippen LogP contribution in [0.15, 0.2) is 18.2 Å². The van der Waals surface area contributed by atoms with Crippen LogP contribution in [0.4, 0.5) is 0 Å². The third-order valence-electron chi connectivity index (χ3n) is 4.79. The number of hydrogen-bond acceptors (Lipinski definition) is 3. The van der Waals surface area contributed by atoms with E-state index >= 15 is 0 Å². The summed E-state index contributed by atoms with van der Waals surface area (Å²) in [7, 11) is 0. The zero-order chi connectivity index (χ0) is 17.8. The maximum Gasteiger partial charge on any atom is 0.227 e. The zero-order valence-electron chi connectivity index (χ0n) is 15.0. The van der Waals surface area contributed by atoms with Crippen molar-refractivity contribution in [1.82, 2.24) is 19.8 Å². The topological polar surface area (TPSA) is 69.3 Å². The van der Waals surface area contributed by atoms with Gasteiger partial charge < -0.3 is 14.8 Å². The van der Waals surface area contributed by atoms with Crippen molar-refractivity contribution in [2.45, 2.75) is 39.5 Å². The van der Waals surface area contributed by atoms with Crippen LogP contribution in [-0.4, -0.2) is 57.8 Å². The smallest absolute Gasteiger partial charge is 0.227 e. The Morgan fingerprint density at radius 3 is 2.48 bits per heavy atom. The minimum absolute atomic E-state index is 0.125. The monoisotopic (exact) mass is 342 g/mol. The van der Waals surface area contributed by atoms with E-state index in [0.717, 1.165) is 48.4 Å². The second-order valence-corrected chi connectivity index (χ2v) is 6.53. The van der Waals surface area contributed by atoms with Crippen LogP contribution in [0.2, 0.25) is 0 Å². The number of aromatic nitrogens is 2. The molecule has 134 valence electrons. The minimum Gasteiger partial charge on any atom is -0.342 e. The van der Waals surface area contributed by atoms with Crippen molar-refractivity contribution < 1.29 is 9.59 Å². The maximum absolute atomic E-state index is 12.7. The van der Waals surface area contributed by atoms with E-state index in [1.165, 1.54) is 0 Å². The van der Waals surface area contributed by atoms with E-state index in [2.05, 4.69) is 16.9 Å². The first kappa shape index (κ1) is 17.5. The highest BCUT2D eigenvalue weighted by molar-refractivity contribution is 5.82. The summed E-state index contributed by atoms with van der Waals surface area (Å²) in [5.41, 5.74) is 2.92. The quantitative estimate of drug-likeness (QED) is 0.925. The molecule has 1 aliphatic heterocycles. The lowest BCUT2D eigenvalue weighted by Gasteiger charge is -2.22. The highest BCUT2D eigenvalue weighted by Gasteiger charge is 2.21. The van der Waals surface area contributed by atoms with Crippen LogP contribution in [0.5, 0.6) is 0 Å². The molecule has 0 bridgehead atoms. The molecule has 0 unspecified atom stereocenters. The van der Waals surface area contributed by atoms with Crippen molar-refractivity contribution in [3.63, 3.8) is 0 Å². The molecular formula is C19H26N4O2. The fourth-order valence-corrected chi connectivity index (χ4v) is 3.31. The maximum atomic E-state index is 12.7. The highest BCUT2D eigenvalue weighted by atomic mass is 16.2. The van der Waals surface area contributed by atoms with Crippen molar-refractivity contribution in [2.24, 2.45) is 0 Å². The predicted molar refractivity (Wildman–Crippen MR) is 97.2 cm³/mol. The van der Waals surface area contributed by atoms with Crippen LogP contribution >= 0.6 is 0 Å². The first-order valence-corrected chi connectivity index (χ1v) is 9.13. The lowest BCUT2D eigenvalue weighted by molar-refractivity contribution is -0.133. The molecule has 2 heterocycles. The molecule has 1 fully saturated rings. The van der Waals surface area contributed by atoms with Gasteiger partial charge in [0, 0.05) is 39.0 Å². The van der Waals surface area contributed by atoms with Crippen molar-refractivity contribution in [3.8, 4) is 0 Å². The first-order chi connectivity index (χ1) is 12.1. The molecule has 0 atom stereocenters. The molecule has 1 saturated heterocycles. The molecule has 2 amide bonds. The van der Waals surface area contributed by atoms with E-state index in [4.69, 9.17) is 0 Å². The van der Waals surface area contributed by atoms with Crippen molar-refractivity contribution in [1.29, 1.82) is 0 Å². The Labute approximate surface area is 148 Å². The van der Waals surface area contributed by atoms with Crippen LogP contribution in [0.3, 0.4) is 0 Å². The third kappa shape index (κ3) is 4.00. The number of aryl methyl sites for hydroxylation is 1. The first-order valence-electron chi connectivity index (χ1n) is 9.13. The van der Waals surface area contributed by atoms with Gasteiger partial charge in [-0.3, -0.25) is 9.59 Å². The SMILES string of the molecule is CCC(=O)N1CCCN(C(=O)Cc2ccc3nc(CC)[nH]c3c2)CC1. The molecule has 1 N–H and O–H groups in total. The van der Waals surface area contributed by atoms with Crippen molar-refractivity contribution >= 4 is 22.8 Å². The molecule has 1 aromatic heterocycles. The van der Waals surface area contributed by atoms with Gasteiger partial charge in [-0.05, 0) is 24.1 Å². The van der Waals surface area contributed by atoms with Gasteiger partial charge in [0.1, 0.15) is 5.82 Å². The van der Waals surface area contributed by atoms with Crippen LogP contribution in [0.1, 0.15) is 38.1 Å². The molecule has 6 nitrogen and oxygen atoms in total. The van der Waals surface area contributed by atoms with Gasteiger partial charge in [-0.15, -0.1) is 0 Å². The zero-order valence-corrected chi connectivity index (χ0v) is 15.0. The van der Waals surface area contributed by atoms with Crippen molar-refractivity contribution in [3.05, 3.63) is 29.6 Å². The van der Waals surface area contributed by atoms with Gasteiger partial charge in [0.15, 0.2) is 0 Å². The highest BCUT2D eigenvalue weighted by Crippen LogP contribution is 2.16. The van der Waals surface area contributed by atoms with Crippen LogP contribution < -0.4 is 0 Å². The Kier molecular flexibility index (Phi) is 5.36. The number of carbonyl (C=O) groups is 2. The van der Waals surface area contributed by atoms with Gasteiger partial charge in [-0.25, -0.2) is 4.98 Å². The van der Waals surface area contributed by atoms with Gasteiger partial charge in [-0.1, -0.05) is 19.9 Å². The fraction of sp³-hybridized carbons (Fsp3) is 0.526. The van der Waals surface area contributed by atoms with Gasteiger partial charge in [0.2, 0.25) is 11.8 Å². The fourth-order valence-electron chi connectivity index (χ4n) is 3.31. The van der Waals surface area contributed by atoms with E-state index in [1.54, 1.807) is 0 Å². The Morgan fingerprint density at radius 2 is 1.80 bits per heavy atom. The summed E-state index contributed by atoms with van der Waals surface area (Å²) in [4.78, 5) is 36.1. The molecule has 0 radical (unpaired) electrons. The summed E-state index contributed by atoms with van der Waals surface area (Å²) in [5.74, 6) is 1.26. The number of benzene rings is 1. The normalized spacial score (nSPS) is 15.4. The Morgan fingerprint density at radius 1 is 1.08 bits per heavy atom. The number of nitrogens with one attached hydrogen (secondary N) is 1. The number of imidazole rings is 1. The third-order valence-corrected chi connectivity index (χ3v) is 4.79. The van der Waals surface area contributed by atoms with E-state index in [0.29, 0.717) is 25.9 Å². The summed E-state index contributed by atoms with van der Waals surface area (Å²) in [5, 5.41) is 0. The predicted octanol–water partition coefficient (Wildman–Crippen LogP) is 2.14. The summed E-state index contributed by atoms with van der Waals surface area (Å²) < 4.78 is 0. The number of carbonyl (C=O) groups excluding carboxylic acids is 2. The number of aromatic amines is 1. The van der Waals surface area contributed by atoms with Gasteiger partial charge in [0.25, 0.3) is 0 Å². The van der Waals surface area contributed by atoms with Gasteiger partial charge in [-0.2, -0.15) is 0 Å². The standard InChI is InChI=1S/C19H26N4O2/c1-3-17-20-15-7-6-14(12-16(15)21-17)13-19(25)23-9-5-8-22(10-11-23)18(24)4-2/h6-7,12H,3-5,8-11,13H2,1-2H3,(H,20,21). The van der Waals surface area contributed by atoms with Crippen LogP contribution in [0.25, 0.3) is 11.0 Å². The average Bonchev–Trinajstić information content (AvgIpc) is 2.87. The van der Waals surface area contributed by atoms with Gasteiger partial charge in [0.05, 0.1) is 17.5 Å². The molecule has 0 aliphatic carbocycles. The Balaban J connectivity index is 1.64. The van der Waals surface area contributed by atoms with Crippen LogP contribution in [-0.2, 0) is 22.4 Å². The number of H-pyrrole nitrogens is 1. The second-order valence-electron chi connectivity index (χ2n) is 6.53. The van der Waals surface area contributed by atoms with E-state index in [1.807, 2.05) is 34.9 Å². The largest absolute Gasteiger partial charge is 0.342 e. The molecule has 2 aromatic rings. The summed E-state index contributed by atoms with van der Waals surface area (Å²) in [6, 6.07) is 5.97. The Hall–Kier alpha value is -2.37. The average molecular weight is 342 g/mol. The van der Waals surface area contributed by atoms with Gasteiger partial charge >= 0.3 is 0 Å². The lowest BCUT2D eigenvalue weighted by Crippen LogP contribution is -2.37. The Bertz CT molecular complexity index is 768. The molecule has 25 heavy (non-hydrogen) atoms. The number of rotatable bonds is 4. The van der Waals surface area contributed by atoms with Crippen LogP contribution in [0, 0.1) is 0 Å². The number of nitrogens with zero attached hydrogens (tertiary/aromatic N) is 3. The van der Waals surface area contributed by atoms with Crippen molar-refractivity contribution in [2.75, 3.05) is 26.2 Å². The second kappa shape index (κ2) is 7.68. The van der Waals surface area contributed by atoms with E-state index in [-0.39, 0.29) is 11.8 Å². The molecule has 0 saturated carbocycles. The summed E-state index contributed by atoms with van der Waals surface area (Å²) >= 11 is 0. The molecule has 1 aliphatic rings. The molecule has 0 spiro atoms. The van der Waals surface area contributed by atoms with E-state index < -0.39 is 0 Å². The number of hydrogen-bond donors (Lipinski definition) is 1. The summed E-state index contributed by atoms with van der Waals surface area (Å²) in [6.45, 7) is 6.67. The lowest BCUT2D eigenvalue weighted by atomic mass is 10.1. The summed E-state index contributed by atoms with van der Waals surface area (Å²) in [6.07, 6.45) is 2.62. The molecule has 6 heteroatoms. The number of fused-ring (bicyclic) bond motifs is 1. The minimum atomic E-state index is 0.125. The molecule has 1 aromatic carbocycles. The molecular weight excluding hydrogens is 316 g/mol. The molecule has 3 rings (SSSR count). The number of amides is 2. The van der Waals surface area contributed by atoms with E-state index in [9.17, 15) is 9.59 Å².